The Hall–Kier alpha value is -0.630. The fourth-order valence-electron chi connectivity index (χ4n) is 1.70. The maximum absolute atomic E-state index is 3.49. The first-order valence-corrected chi connectivity index (χ1v) is 6.25. The predicted molar refractivity (Wildman–Crippen MR) is 64.2 cm³/mol. The highest BCUT2D eigenvalue weighted by Crippen LogP contribution is 2.36. The first-order chi connectivity index (χ1) is 6.83. The largest absolute Gasteiger partial charge is 0.383 e. The number of hydrogen-bond donors (Lipinski definition) is 1. The Morgan fingerprint density at radius 2 is 2.29 bits per heavy atom. The number of hydrogen-bond acceptors (Lipinski definition) is 2. The molecule has 1 heterocycles. The van der Waals surface area contributed by atoms with Crippen molar-refractivity contribution in [3.63, 3.8) is 0 Å². The van der Waals surface area contributed by atoms with Crippen molar-refractivity contribution >= 4 is 17.4 Å². The molecule has 1 atom stereocenters. The highest BCUT2D eigenvalue weighted by Gasteiger charge is 2.16. The van der Waals surface area contributed by atoms with Crippen LogP contribution in [-0.2, 0) is 6.42 Å². The van der Waals surface area contributed by atoms with Gasteiger partial charge in [0.2, 0.25) is 0 Å². The summed E-state index contributed by atoms with van der Waals surface area (Å²) in [6, 6.07) is 6.76. The first kappa shape index (κ1) is 9.91. The van der Waals surface area contributed by atoms with E-state index >= 15 is 0 Å². The topological polar surface area (TPSA) is 12.0 Å². The van der Waals surface area contributed by atoms with Gasteiger partial charge in [-0.2, -0.15) is 0 Å². The summed E-state index contributed by atoms with van der Waals surface area (Å²) in [7, 11) is 0. The van der Waals surface area contributed by atoms with Gasteiger partial charge in [-0.15, -0.1) is 11.8 Å². The van der Waals surface area contributed by atoms with Crippen LogP contribution in [0, 0.1) is 0 Å². The SMILES string of the molecule is CCc1ccc2c(c1)SC(CC)CN2. The molecule has 2 heteroatoms. The molecular weight excluding hydrogens is 190 g/mol. The monoisotopic (exact) mass is 207 g/mol. The maximum Gasteiger partial charge on any atom is 0.0479 e. The van der Waals surface area contributed by atoms with Crippen LogP contribution < -0.4 is 5.32 Å². The lowest BCUT2D eigenvalue weighted by molar-refractivity contribution is 0.841. The standard InChI is InChI=1S/C12H17NS/c1-3-9-5-6-11-12(7-9)14-10(4-2)8-13-11/h5-7,10,13H,3-4,8H2,1-2H3. The van der Waals surface area contributed by atoms with Crippen LogP contribution in [0.5, 0.6) is 0 Å². The lowest BCUT2D eigenvalue weighted by Gasteiger charge is -2.25. The van der Waals surface area contributed by atoms with Crippen LogP contribution in [0.25, 0.3) is 0 Å². The van der Waals surface area contributed by atoms with E-state index in [2.05, 4.69) is 37.4 Å². The summed E-state index contributed by atoms with van der Waals surface area (Å²) in [6.07, 6.45) is 2.37. The molecule has 0 aromatic heterocycles. The molecule has 1 aliphatic heterocycles. The van der Waals surface area contributed by atoms with E-state index in [0.717, 1.165) is 18.2 Å². The summed E-state index contributed by atoms with van der Waals surface area (Å²) < 4.78 is 0. The molecule has 1 nitrogen and oxygen atoms in total. The minimum absolute atomic E-state index is 0.745. The van der Waals surface area contributed by atoms with Gasteiger partial charge in [-0.3, -0.25) is 0 Å². The van der Waals surface area contributed by atoms with E-state index < -0.39 is 0 Å². The molecule has 0 aliphatic carbocycles. The van der Waals surface area contributed by atoms with Gasteiger partial charge in [0, 0.05) is 22.4 Å². The summed E-state index contributed by atoms with van der Waals surface area (Å²) >= 11 is 2.02. The van der Waals surface area contributed by atoms with Crippen molar-refractivity contribution in [1.82, 2.24) is 0 Å². The molecule has 76 valence electrons. The number of fused-ring (bicyclic) bond motifs is 1. The summed E-state index contributed by atoms with van der Waals surface area (Å²) in [5.41, 5.74) is 2.76. The van der Waals surface area contributed by atoms with Crippen LogP contribution in [0.4, 0.5) is 5.69 Å². The average Bonchev–Trinajstić information content (AvgIpc) is 2.27. The van der Waals surface area contributed by atoms with E-state index in [1.807, 2.05) is 11.8 Å². The van der Waals surface area contributed by atoms with E-state index in [1.54, 1.807) is 0 Å². The van der Waals surface area contributed by atoms with Crippen LogP contribution in [0.15, 0.2) is 23.1 Å². The fraction of sp³-hybridized carbons (Fsp3) is 0.500. The third-order valence-corrected chi connectivity index (χ3v) is 4.15. The Labute approximate surface area is 90.3 Å². The second kappa shape index (κ2) is 4.26. The van der Waals surface area contributed by atoms with Crippen molar-refractivity contribution in [2.24, 2.45) is 0 Å². The van der Waals surface area contributed by atoms with E-state index in [1.165, 1.54) is 22.6 Å². The Morgan fingerprint density at radius 3 is 3.00 bits per heavy atom. The molecule has 0 fully saturated rings. The van der Waals surface area contributed by atoms with Crippen LogP contribution in [0.2, 0.25) is 0 Å². The molecule has 0 saturated heterocycles. The van der Waals surface area contributed by atoms with Crippen LogP contribution in [0.3, 0.4) is 0 Å². The highest BCUT2D eigenvalue weighted by atomic mass is 32.2. The van der Waals surface area contributed by atoms with Gasteiger partial charge in [-0.1, -0.05) is 19.9 Å². The highest BCUT2D eigenvalue weighted by molar-refractivity contribution is 8.00. The van der Waals surface area contributed by atoms with Crippen molar-refractivity contribution in [1.29, 1.82) is 0 Å². The Bertz CT molecular complexity index is 322. The minimum Gasteiger partial charge on any atom is -0.383 e. The van der Waals surface area contributed by atoms with Crippen molar-refractivity contribution in [3.8, 4) is 0 Å². The molecule has 1 aromatic rings. The van der Waals surface area contributed by atoms with Gasteiger partial charge in [-0.25, -0.2) is 0 Å². The van der Waals surface area contributed by atoms with Gasteiger partial charge in [0.1, 0.15) is 0 Å². The molecule has 0 saturated carbocycles. The Balaban J connectivity index is 2.25. The van der Waals surface area contributed by atoms with Crippen molar-refractivity contribution in [2.45, 2.75) is 36.8 Å². The van der Waals surface area contributed by atoms with E-state index in [9.17, 15) is 0 Å². The molecule has 1 aliphatic rings. The van der Waals surface area contributed by atoms with Gasteiger partial charge >= 0.3 is 0 Å². The molecule has 0 radical (unpaired) electrons. The number of anilines is 1. The minimum atomic E-state index is 0.745. The molecule has 1 unspecified atom stereocenters. The lowest BCUT2D eigenvalue weighted by atomic mass is 10.1. The van der Waals surface area contributed by atoms with Gasteiger partial charge in [-0.05, 0) is 30.5 Å². The smallest absolute Gasteiger partial charge is 0.0479 e. The summed E-state index contributed by atoms with van der Waals surface area (Å²) in [5.74, 6) is 0. The lowest BCUT2D eigenvalue weighted by Crippen LogP contribution is -2.20. The van der Waals surface area contributed by atoms with E-state index in [4.69, 9.17) is 0 Å². The third kappa shape index (κ3) is 1.90. The average molecular weight is 207 g/mol. The van der Waals surface area contributed by atoms with Crippen molar-refractivity contribution < 1.29 is 0 Å². The van der Waals surface area contributed by atoms with E-state index in [0.29, 0.717) is 0 Å². The molecular formula is C12H17NS. The maximum atomic E-state index is 3.49. The molecule has 0 spiro atoms. The number of rotatable bonds is 2. The number of thioether (sulfide) groups is 1. The van der Waals surface area contributed by atoms with Crippen LogP contribution >= 0.6 is 11.8 Å². The number of nitrogens with one attached hydrogen (secondary N) is 1. The van der Waals surface area contributed by atoms with Gasteiger partial charge in [0.25, 0.3) is 0 Å². The van der Waals surface area contributed by atoms with Crippen molar-refractivity contribution in [3.05, 3.63) is 23.8 Å². The fourth-order valence-corrected chi connectivity index (χ4v) is 2.88. The van der Waals surface area contributed by atoms with Gasteiger partial charge < -0.3 is 5.32 Å². The number of aryl methyl sites for hydroxylation is 1. The van der Waals surface area contributed by atoms with Crippen LogP contribution in [-0.4, -0.2) is 11.8 Å². The van der Waals surface area contributed by atoms with Gasteiger partial charge in [0.05, 0.1) is 0 Å². The molecule has 14 heavy (non-hydrogen) atoms. The zero-order chi connectivity index (χ0) is 9.97. The molecule has 2 rings (SSSR count). The molecule has 0 amide bonds. The summed E-state index contributed by atoms with van der Waals surface area (Å²) in [6.45, 7) is 5.58. The summed E-state index contributed by atoms with van der Waals surface area (Å²) in [4.78, 5) is 1.43. The second-order valence-corrected chi connectivity index (χ2v) is 5.06. The normalized spacial score (nSPS) is 20.0. The zero-order valence-corrected chi connectivity index (χ0v) is 9.66. The number of benzene rings is 1. The van der Waals surface area contributed by atoms with Crippen molar-refractivity contribution in [2.75, 3.05) is 11.9 Å². The molecule has 1 aromatic carbocycles. The zero-order valence-electron chi connectivity index (χ0n) is 8.84. The molecule has 1 N–H and O–H groups in total. The summed E-state index contributed by atoms with van der Waals surface area (Å²) in [5, 5.41) is 4.24. The molecule has 0 bridgehead atoms. The third-order valence-electron chi connectivity index (χ3n) is 2.72. The van der Waals surface area contributed by atoms with Crippen LogP contribution in [0.1, 0.15) is 25.8 Å². The Kier molecular flexibility index (Phi) is 3.02. The second-order valence-electron chi connectivity index (χ2n) is 3.71. The van der Waals surface area contributed by atoms with Gasteiger partial charge in [0.15, 0.2) is 0 Å². The first-order valence-electron chi connectivity index (χ1n) is 5.37. The van der Waals surface area contributed by atoms with E-state index in [-0.39, 0.29) is 0 Å². The quantitative estimate of drug-likeness (QED) is 0.796. The predicted octanol–water partition coefficient (Wildman–Crippen LogP) is 3.55. The Morgan fingerprint density at radius 1 is 1.43 bits per heavy atom.